The molecule has 20 heavy (non-hydrogen) atoms. The van der Waals surface area contributed by atoms with Gasteiger partial charge in [0.15, 0.2) is 0 Å². The molecule has 3 N–H and O–H groups in total. The van der Waals surface area contributed by atoms with Gasteiger partial charge in [0.1, 0.15) is 0 Å². The Hall–Kier alpha value is -1.35. The number of carbonyl (C=O) groups is 1. The maximum atomic E-state index is 12.2. The van der Waals surface area contributed by atoms with Crippen LogP contribution in [0.25, 0.3) is 0 Å². The van der Waals surface area contributed by atoms with Crippen LogP contribution in [0.5, 0.6) is 0 Å². The normalized spacial score (nSPS) is 22.5. The quantitative estimate of drug-likeness (QED) is 0.867. The van der Waals surface area contributed by atoms with Gasteiger partial charge in [-0.1, -0.05) is 44.0 Å². The zero-order chi connectivity index (χ0) is 14.4. The van der Waals surface area contributed by atoms with Crippen LogP contribution >= 0.6 is 0 Å². The number of nitrogens with two attached hydrogens (primary N) is 1. The summed E-state index contributed by atoms with van der Waals surface area (Å²) >= 11 is 0. The average molecular weight is 274 g/mol. The minimum atomic E-state index is 0.218. The Morgan fingerprint density at radius 2 is 1.95 bits per heavy atom. The van der Waals surface area contributed by atoms with Crippen LogP contribution in [0.3, 0.4) is 0 Å². The molecule has 0 spiro atoms. The predicted molar refractivity (Wildman–Crippen MR) is 82.2 cm³/mol. The second kappa shape index (κ2) is 7.44. The summed E-state index contributed by atoms with van der Waals surface area (Å²) in [5.41, 5.74) is 7.94. The molecule has 0 aliphatic heterocycles. The van der Waals surface area contributed by atoms with E-state index in [2.05, 4.69) is 36.5 Å². The Kier molecular flexibility index (Phi) is 5.60. The smallest absolute Gasteiger partial charge is 0.223 e. The fourth-order valence-electron chi connectivity index (χ4n) is 3.00. The molecule has 0 saturated heterocycles. The first-order valence-electron chi connectivity index (χ1n) is 7.74. The first kappa shape index (κ1) is 15.0. The SMILES string of the molecule is CC1CCCC(C(=O)NCc2ccc(CCN)cc2)C1. The summed E-state index contributed by atoms with van der Waals surface area (Å²) in [6.45, 7) is 3.55. The van der Waals surface area contributed by atoms with Crippen molar-refractivity contribution in [3.05, 3.63) is 35.4 Å². The number of benzene rings is 1. The van der Waals surface area contributed by atoms with E-state index in [-0.39, 0.29) is 11.8 Å². The molecule has 0 heterocycles. The molecular formula is C17H26N2O. The van der Waals surface area contributed by atoms with Gasteiger partial charge in [-0.25, -0.2) is 0 Å². The summed E-state index contributed by atoms with van der Waals surface area (Å²) in [4.78, 5) is 12.2. The Balaban J connectivity index is 1.80. The minimum Gasteiger partial charge on any atom is -0.352 e. The van der Waals surface area contributed by atoms with Crippen LogP contribution in [0.1, 0.15) is 43.7 Å². The molecule has 1 saturated carbocycles. The molecule has 3 nitrogen and oxygen atoms in total. The Bertz CT molecular complexity index is 427. The lowest BCUT2D eigenvalue weighted by Crippen LogP contribution is -2.33. The van der Waals surface area contributed by atoms with E-state index in [0.29, 0.717) is 19.0 Å². The van der Waals surface area contributed by atoms with Crippen molar-refractivity contribution >= 4 is 5.91 Å². The van der Waals surface area contributed by atoms with Crippen molar-refractivity contribution in [2.24, 2.45) is 17.6 Å². The molecule has 2 atom stereocenters. The average Bonchev–Trinajstić information content (AvgIpc) is 2.46. The zero-order valence-corrected chi connectivity index (χ0v) is 12.4. The standard InChI is InChI=1S/C17H26N2O/c1-13-3-2-4-16(11-13)17(20)19-12-15-7-5-14(6-8-15)9-10-18/h5-8,13,16H,2-4,9-12,18H2,1H3,(H,19,20). The van der Waals surface area contributed by atoms with Gasteiger partial charge in [-0.05, 0) is 42.9 Å². The fraction of sp³-hybridized carbons (Fsp3) is 0.588. The maximum absolute atomic E-state index is 12.2. The molecule has 0 aromatic heterocycles. The molecule has 3 heteroatoms. The molecule has 1 aliphatic carbocycles. The number of nitrogens with one attached hydrogen (secondary N) is 1. The third-order valence-corrected chi connectivity index (χ3v) is 4.23. The van der Waals surface area contributed by atoms with Gasteiger partial charge in [0.05, 0.1) is 0 Å². The lowest BCUT2D eigenvalue weighted by Gasteiger charge is -2.25. The molecule has 0 radical (unpaired) electrons. The number of rotatable bonds is 5. The molecule has 0 bridgehead atoms. The first-order valence-corrected chi connectivity index (χ1v) is 7.74. The monoisotopic (exact) mass is 274 g/mol. The van der Waals surface area contributed by atoms with Gasteiger partial charge in [0, 0.05) is 12.5 Å². The number of hydrogen-bond acceptors (Lipinski definition) is 2. The van der Waals surface area contributed by atoms with Crippen LogP contribution in [0.2, 0.25) is 0 Å². The highest BCUT2D eigenvalue weighted by Crippen LogP contribution is 2.28. The number of carbonyl (C=O) groups excluding carboxylic acids is 1. The van der Waals surface area contributed by atoms with E-state index in [1.807, 2.05) is 0 Å². The van der Waals surface area contributed by atoms with Crippen molar-refractivity contribution < 1.29 is 4.79 Å². The van der Waals surface area contributed by atoms with Gasteiger partial charge in [0.2, 0.25) is 5.91 Å². The van der Waals surface area contributed by atoms with E-state index in [1.165, 1.54) is 18.4 Å². The Morgan fingerprint density at radius 1 is 1.25 bits per heavy atom. The van der Waals surface area contributed by atoms with Crippen LogP contribution in [0.15, 0.2) is 24.3 Å². The molecule has 2 rings (SSSR count). The second-order valence-electron chi connectivity index (χ2n) is 6.04. The summed E-state index contributed by atoms with van der Waals surface area (Å²) in [7, 11) is 0. The van der Waals surface area contributed by atoms with Crippen molar-refractivity contribution in [1.82, 2.24) is 5.32 Å². The fourth-order valence-corrected chi connectivity index (χ4v) is 3.00. The molecule has 1 aromatic rings. The summed E-state index contributed by atoms with van der Waals surface area (Å²) in [6.07, 6.45) is 5.46. The van der Waals surface area contributed by atoms with Crippen molar-refractivity contribution in [3.63, 3.8) is 0 Å². The van der Waals surface area contributed by atoms with E-state index in [4.69, 9.17) is 5.73 Å². The first-order chi connectivity index (χ1) is 9.69. The second-order valence-corrected chi connectivity index (χ2v) is 6.04. The van der Waals surface area contributed by atoms with Crippen molar-refractivity contribution in [1.29, 1.82) is 0 Å². The number of hydrogen-bond donors (Lipinski definition) is 2. The minimum absolute atomic E-state index is 0.218. The Labute approximate surface area is 121 Å². The third-order valence-electron chi connectivity index (χ3n) is 4.23. The largest absolute Gasteiger partial charge is 0.352 e. The predicted octanol–water partition coefficient (Wildman–Crippen LogP) is 2.63. The third kappa shape index (κ3) is 4.34. The molecule has 1 amide bonds. The van der Waals surface area contributed by atoms with Gasteiger partial charge >= 0.3 is 0 Å². The Morgan fingerprint density at radius 3 is 2.60 bits per heavy atom. The van der Waals surface area contributed by atoms with Crippen LogP contribution in [-0.4, -0.2) is 12.5 Å². The van der Waals surface area contributed by atoms with E-state index in [9.17, 15) is 4.79 Å². The van der Waals surface area contributed by atoms with Gasteiger partial charge in [-0.3, -0.25) is 4.79 Å². The zero-order valence-electron chi connectivity index (χ0n) is 12.4. The summed E-state index contributed by atoms with van der Waals surface area (Å²) in [5, 5.41) is 3.08. The molecule has 1 aromatic carbocycles. The van der Waals surface area contributed by atoms with Crippen molar-refractivity contribution in [3.8, 4) is 0 Å². The van der Waals surface area contributed by atoms with Gasteiger partial charge in [-0.15, -0.1) is 0 Å². The van der Waals surface area contributed by atoms with E-state index >= 15 is 0 Å². The molecule has 1 aliphatic rings. The summed E-state index contributed by atoms with van der Waals surface area (Å²) < 4.78 is 0. The number of amides is 1. The molecule has 2 unspecified atom stereocenters. The van der Waals surface area contributed by atoms with Crippen LogP contribution < -0.4 is 11.1 Å². The molecule has 1 fully saturated rings. The lowest BCUT2D eigenvalue weighted by molar-refractivity contribution is -0.126. The van der Waals surface area contributed by atoms with Crippen molar-refractivity contribution in [2.45, 2.75) is 45.6 Å². The van der Waals surface area contributed by atoms with Gasteiger partial charge in [-0.2, -0.15) is 0 Å². The highest BCUT2D eigenvalue weighted by Gasteiger charge is 2.24. The lowest BCUT2D eigenvalue weighted by atomic mass is 9.82. The van der Waals surface area contributed by atoms with E-state index in [1.54, 1.807) is 0 Å². The van der Waals surface area contributed by atoms with Gasteiger partial charge < -0.3 is 11.1 Å². The summed E-state index contributed by atoms with van der Waals surface area (Å²) in [5.74, 6) is 1.13. The van der Waals surface area contributed by atoms with Gasteiger partial charge in [0.25, 0.3) is 0 Å². The highest BCUT2D eigenvalue weighted by atomic mass is 16.1. The van der Waals surface area contributed by atoms with Crippen LogP contribution in [0, 0.1) is 11.8 Å². The topological polar surface area (TPSA) is 55.1 Å². The van der Waals surface area contributed by atoms with E-state index < -0.39 is 0 Å². The highest BCUT2D eigenvalue weighted by molar-refractivity contribution is 5.78. The van der Waals surface area contributed by atoms with Crippen LogP contribution in [0.4, 0.5) is 0 Å². The molecule has 110 valence electrons. The maximum Gasteiger partial charge on any atom is 0.223 e. The van der Waals surface area contributed by atoms with Crippen LogP contribution in [-0.2, 0) is 17.8 Å². The van der Waals surface area contributed by atoms with Crippen molar-refractivity contribution in [2.75, 3.05) is 6.54 Å². The van der Waals surface area contributed by atoms with E-state index in [0.717, 1.165) is 24.8 Å². The summed E-state index contributed by atoms with van der Waals surface area (Å²) in [6, 6.07) is 8.34. The molecular weight excluding hydrogens is 248 g/mol.